The van der Waals surface area contributed by atoms with Crippen LogP contribution >= 0.6 is 0 Å². The average molecular weight is 208 g/mol. The largest absolute Gasteiger partial charge is 0.277 e. The number of hydrogen-bond donors (Lipinski definition) is 2. The topological polar surface area (TPSA) is 58.2 Å². The van der Waals surface area contributed by atoms with E-state index in [-0.39, 0.29) is 11.6 Å². The van der Waals surface area contributed by atoms with Gasteiger partial charge in [-0.25, -0.2) is 0 Å². The Bertz CT molecular complexity index is 245. The predicted octanol–water partition coefficient (Wildman–Crippen LogP) is 1.01. The highest BCUT2D eigenvalue weighted by molar-refractivity contribution is 7.87. The van der Waals surface area contributed by atoms with Crippen molar-refractivity contribution in [2.24, 2.45) is 0 Å². The molecule has 0 unspecified atom stereocenters. The van der Waals surface area contributed by atoms with E-state index in [4.69, 9.17) is 0 Å². The lowest BCUT2D eigenvalue weighted by molar-refractivity contribution is 0.432. The molecule has 0 aromatic carbocycles. The Labute approximate surface area is 81.3 Å². The lowest BCUT2D eigenvalue weighted by Gasteiger charge is -2.24. The molecule has 0 aromatic rings. The predicted molar refractivity (Wildman–Crippen MR) is 54.7 cm³/mol. The van der Waals surface area contributed by atoms with Crippen LogP contribution in [0.5, 0.6) is 0 Å². The third kappa shape index (κ3) is 6.01. The van der Waals surface area contributed by atoms with Gasteiger partial charge in [0.1, 0.15) is 0 Å². The molecule has 0 saturated heterocycles. The second-order valence-electron chi connectivity index (χ2n) is 4.12. The van der Waals surface area contributed by atoms with Crippen LogP contribution in [0.1, 0.15) is 41.0 Å². The van der Waals surface area contributed by atoms with Gasteiger partial charge in [-0.2, -0.15) is 17.9 Å². The smallest absolute Gasteiger partial charge is 0.200 e. The number of nitrogens with one attached hydrogen (secondary N) is 2. The zero-order valence-corrected chi connectivity index (χ0v) is 9.83. The first-order chi connectivity index (χ1) is 5.68. The lowest BCUT2D eigenvalue weighted by atomic mass is 10.0. The Hall–Kier alpha value is -0.130. The van der Waals surface area contributed by atoms with Crippen molar-refractivity contribution in [3.63, 3.8) is 0 Å². The van der Waals surface area contributed by atoms with Crippen molar-refractivity contribution in [3.05, 3.63) is 0 Å². The highest BCUT2D eigenvalue weighted by atomic mass is 32.2. The van der Waals surface area contributed by atoms with Gasteiger partial charge in [0.2, 0.25) is 0 Å². The molecular weight excluding hydrogens is 188 g/mol. The Morgan fingerprint density at radius 3 is 2.08 bits per heavy atom. The van der Waals surface area contributed by atoms with E-state index in [9.17, 15) is 8.42 Å². The van der Waals surface area contributed by atoms with Crippen LogP contribution in [-0.4, -0.2) is 20.0 Å². The van der Waals surface area contributed by atoms with Gasteiger partial charge in [-0.3, -0.25) is 0 Å². The van der Waals surface area contributed by atoms with Gasteiger partial charge in [0.05, 0.1) is 0 Å². The molecule has 5 heteroatoms. The zero-order chi connectivity index (χ0) is 10.7. The maximum Gasteiger partial charge on any atom is 0.277 e. The molecule has 0 radical (unpaired) electrons. The Morgan fingerprint density at radius 2 is 1.77 bits per heavy atom. The van der Waals surface area contributed by atoms with E-state index in [0.717, 1.165) is 6.42 Å². The van der Waals surface area contributed by atoms with Gasteiger partial charge in [0.15, 0.2) is 0 Å². The highest BCUT2D eigenvalue weighted by Gasteiger charge is 2.22. The van der Waals surface area contributed by atoms with Crippen molar-refractivity contribution in [1.29, 1.82) is 0 Å². The van der Waals surface area contributed by atoms with E-state index in [2.05, 4.69) is 9.44 Å². The first-order valence-electron chi connectivity index (χ1n) is 4.50. The first kappa shape index (κ1) is 12.9. The van der Waals surface area contributed by atoms with Crippen LogP contribution in [0.25, 0.3) is 0 Å². The third-order valence-electron chi connectivity index (χ3n) is 1.69. The van der Waals surface area contributed by atoms with Crippen molar-refractivity contribution >= 4 is 10.2 Å². The fraction of sp³-hybridized carbons (Fsp3) is 1.00. The molecule has 0 heterocycles. The molecule has 0 aromatic heterocycles. The molecule has 0 fully saturated rings. The van der Waals surface area contributed by atoms with Crippen molar-refractivity contribution in [2.45, 2.75) is 52.6 Å². The van der Waals surface area contributed by atoms with Gasteiger partial charge in [-0.1, -0.05) is 6.92 Å². The van der Waals surface area contributed by atoms with E-state index < -0.39 is 10.2 Å². The van der Waals surface area contributed by atoms with Gasteiger partial charge in [-0.15, -0.1) is 0 Å². The van der Waals surface area contributed by atoms with Crippen LogP contribution in [0.4, 0.5) is 0 Å². The van der Waals surface area contributed by atoms with E-state index in [1.165, 1.54) is 0 Å². The van der Waals surface area contributed by atoms with Gasteiger partial charge in [-0.05, 0) is 34.1 Å². The molecule has 0 aliphatic carbocycles. The molecule has 0 aliphatic rings. The summed E-state index contributed by atoms with van der Waals surface area (Å²) in [5, 5.41) is 0. The Balaban J connectivity index is 4.35. The summed E-state index contributed by atoms with van der Waals surface area (Å²) in [6.45, 7) is 9.23. The summed E-state index contributed by atoms with van der Waals surface area (Å²) in [4.78, 5) is 0. The lowest BCUT2D eigenvalue weighted by Crippen LogP contribution is -2.49. The van der Waals surface area contributed by atoms with Crippen molar-refractivity contribution in [1.82, 2.24) is 9.44 Å². The maximum absolute atomic E-state index is 11.4. The van der Waals surface area contributed by atoms with E-state index >= 15 is 0 Å². The molecule has 4 nitrogen and oxygen atoms in total. The van der Waals surface area contributed by atoms with Crippen molar-refractivity contribution in [3.8, 4) is 0 Å². The van der Waals surface area contributed by atoms with Gasteiger partial charge in [0, 0.05) is 11.6 Å². The Morgan fingerprint density at radius 1 is 1.31 bits per heavy atom. The van der Waals surface area contributed by atoms with E-state index in [0.29, 0.717) is 0 Å². The summed E-state index contributed by atoms with van der Waals surface area (Å²) in [6, 6.07) is -0.0786. The zero-order valence-electron chi connectivity index (χ0n) is 9.01. The molecule has 0 amide bonds. The highest BCUT2D eigenvalue weighted by Crippen LogP contribution is 2.08. The maximum atomic E-state index is 11.4. The van der Waals surface area contributed by atoms with Crippen LogP contribution in [0, 0.1) is 0 Å². The Kier molecular flexibility index (Phi) is 4.35. The van der Waals surface area contributed by atoms with Crippen molar-refractivity contribution < 1.29 is 8.42 Å². The molecular formula is C8H20N2O2S. The van der Waals surface area contributed by atoms with Crippen LogP contribution in [-0.2, 0) is 10.2 Å². The fourth-order valence-corrected chi connectivity index (χ4v) is 2.33. The normalized spacial score (nSPS) is 13.7. The van der Waals surface area contributed by atoms with Crippen LogP contribution in [0.2, 0.25) is 0 Å². The molecule has 0 bridgehead atoms. The monoisotopic (exact) mass is 208 g/mol. The second kappa shape index (κ2) is 4.39. The molecule has 0 atom stereocenters. The molecule has 0 rings (SSSR count). The van der Waals surface area contributed by atoms with E-state index in [1.54, 1.807) is 13.8 Å². The minimum Gasteiger partial charge on any atom is -0.200 e. The number of rotatable bonds is 5. The van der Waals surface area contributed by atoms with Gasteiger partial charge >= 0.3 is 0 Å². The van der Waals surface area contributed by atoms with E-state index in [1.807, 2.05) is 20.8 Å². The summed E-state index contributed by atoms with van der Waals surface area (Å²) >= 11 is 0. The molecule has 2 N–H and O–H groups in total. The molecule has 0 aliphatic heterocycles. The summed E-state index contributed by atoms with van der Waals surface area (Å²) in [5.74, 6) is 0. The van der Waals surface area contributed by atoms with Crippen molar-refractivity contribution in [2.75, 3.05) is 0 Å². The van der Waals surface area contributed by atoms with Gasteiger partial charge in [0.25, 0.3) is 10.2 Å². The van der Waals surface area contributed by atoms with Crippen LogP contribution < -0.4 is 9.44 Å². The standard InChI is InChI=1S/C8H20N2O2S/c1-6-8(4,5)10-13(11,12)9-7(2)3/h7,9-10H,6H2,1-5H3. The number of hydrogen-bond acceptors (Lipinski definition) is 2. The molecule has 0 saturated carbocycles. The van der Waals surface area contributed by atoms with Crippen LogP contribution in [0.15, 0.2) is 0 Å². The average Bonchev–Trinajstić information content (AvgIpc) is 1.81. The fourth-order valence-electron chi connectivity index (χ4n) is 0.776. The first-order valence-corrected chi connectivity index (χ1v) is 5.98. The van der Waals surface area contributed by atoms with Gasteiger partial charge < -0.3 is 0 Å². The molecule has 80 valence electrons. The SMILES string of the molecule is CCC(C)(C)NS(=O)(=O)NC(C)C. The minimum absolute atomic E-state index is 0.0786. The molecule has 0 spiro atoms. The minimum atomic E-state index is -3.35. The summed E-state index contributed by atoms with van der Waals surface area (Å²) < 4.78 is 27.8. The summed E-state index contributed by atoms with van der Waals surface area (Å²) in [6.07, 6.45) is 0.756. The second-order valence-corrected chi connectivity index (χ2v) is 5.56. The van der Waals surface area contributed by atoms with Crippen LogP contribution in [0.3, 0.4) is 0 Å². The summed E-state index contributed by atoms with van der Waals surface area (Å²) in [7, 11) is -3.35. The molecule has 13 heavy (non-hydrogen) atoms. The summed E-state index contributed by atoms with van der Waals surface area (Å²) in [5.41, 5.74) is -0.388. The quantitative estimate of drug-likeness (QED) is 0.708. The third-order valence-corrected chi connectivity index (χ3v) is 3.29.